The molecule has 0 saturated carbocycles. The van der Waals surface area contributed by atoms with Gasteiger partial charge < -0.3 is 4.74 Å². The van der Waals surface area contributed by atoms with Crippen LogP contribution in [-0.4, -0.2) is 12.1 Å². The molecule has 1 N–H and O–H groups in total. The molecule has 0 aliphatic heterocycles. The maximum atomic E-state index is 12.9. The monoisotopic (exact) mass is 376 g/mol. The Morgan fingerprint density at radius 2 is 1.61 bits per heavy atom. The first kappa shape index (κ1) is 19.3. The number of hydrazone groups is 1. The maximum Gasteiger partial charge on any atom is 0.244 e. The number of hydrogen-bond acceptors (Lipinski definition) is 3. The summed E-state index contributed by atoms with van der Waals surface area (Å²) in [5.74, 6) is 0.266. The van der Waals surface area contributed by atoms with Gasteiger partial charge in [-0.2, -0.15) is 5.10 Å². The smallest absolute Gasteiger partial charge is 0.244 e. The number of amides is 1. The molecule has 3 aromatic rings. The minimum Gasteiger partial charge on any atom is -0.489 e. The predicted molar refractivity (Wildman–Crippen MR) is 108 cm³/mol. The number of aryl methyl sites for hydroxylation is 1. The molecule has 28 heavy (non-hydrogen) atoms. The van der Waals surface area contributed by atoms with Crippen LogP contribution in [0.4, 0.5) is 4.39 Å². The molecule has 0 heterocycles. The molecule has 0 radical (unpaired) electrons. The molecular weight excluding hydrogens is 355 g/mol. The summed E-state index contributed by atoms with van der Waals surface area (Å²) in [6, 6.07) is 21.3. The number of ether oxygens (including phenoxy) is 1. The van der Waals surface area contributed by atoms with Gasteiger partial charge in [-0.25, -0.2) is 9.82 Å². The Morgan fingerprint density at radius 1 is 0.964 bits per heavy atom. The first-order valence-electron chi connectivity index (χ1n) is 8.93. The highest BCUT2D eigenvalue weighted by Gasteiger charge is 2.02. The molecule has 142 valence electrons. The van der Waals surface area contributed by atoms with Gasteiger partial charge in [-0.1, -0.05) is 42.0 Å². The van der Waals surface area contributed by atoms with Gasteiger partial charge in [-0.15, -0.1) is 0 Å². The van der Waals surface area contributed by atoms with E-state index in [-0.39, 0.29) is 18.1 Å². The average molecular weight is 376 g/mol. The second-order valence-electron chi connectivity index (χ2n) is 6.44. The van der Waals surface area contributed by atoms with Gasteiger partial charge in [0, 0.05) is 0 Å². The normalized spacial score (nSPS) is 10.8. The van der Waals surface area contributed by atoms with E-state index >= 15 is 0 Å². The summed E-state index contributed by atoms with van der Waals surface area (Å²) in [6.45, 7) is 2.37. The van der Waals surface area contributed by atoms with Crippen LogP contribution in [-0.2, 0) is 17.8 Å². The molecule has 5 heteroatoms. The topological polar surface area (TPSA) is 50.7 Å². The SMILES string of the molecule is Cc1ccc(CC(=O)N/N=C\c2ccc(OCc3ccc(F)cc3)cc2)cc1. The quantitative estimate of drug-likeness (QED) is 0.491. The zero-order valence-corrected chi connectivity index (χ0v) is 15.6. The van der Waals surface area contributed by atoms with Gasteiger partial charge in [0.05, 0.1) is 12.6 Å². The van der Waals surface area contributed by atoms with Gasteiger partial charge in [0.1, 0.15) is 18.2 Å². The van der Waals surface area contributed by atoms with E-state index in [9.17, 15) is 9.18 Å². The standard InChI is InChI=1S/C23H21FN2O2/c1-17-2-4-18(5-3-17)14-23(27)26-25-15-19-8-12-22(13-9-19)28-16-20-6-10-21(24)11-7-20/h2-13,15H,14,16H2,1H3,(H,26,27)/b25-15-. The number of carbonyl (C=O) groups is 1. The van der Waals surface area contributed by atoms with Crippen molar-refractivity contribution < 1.29 is 13.9 Å². The van der Waals surface area contributed by atoms with Crippen LogP contribution in [0.1, 0.15) is 22.3 Å². The van der Waals surface area contributed by atoms with Gasteiger partial charge in [-0.3, -0.25) is 4.79 Å². The molecular formula is C23H21FN2O2. The molecule has 0 unspecified atom stereocenters. The first-order valence-corrected chi connectivity index (χ1v) is 8.93. The van der Waals surface area contributed by atoms with Crippen LogP contribution >= 0.6 is 0 Å². The average Bonchev–Trinajstić information content (AvgIpc) is 2.70. The fourth-order valence-electron chi connectivity index (χ4n) is 2.51. The van der Waals surface area contributed by atoms with Crippen molar-refractivity contribution in [1.29, 1.82) is 0 Å². The summed E-state index contributed by atoms with van der Waals surface area (Å²) in [7, 11) is 0. The third kappa shape index (κ3) is 6.06. The molecule has 0 saturated heterocycles. The maximum absolute atomic E-state index is 12.9. The van der Waals surface area contributed by atoms with Crippen LogP contribution in [0.5, 0.6) is 5.75 Å². The van der Waals surface area contributed by atoms with Gasteiger partial charge >= 0.3 is 0 Å². The Hall–Kier alpha value is -3.47. The molecule has 0 aromatic heterocycles. The zero-order chi connectivity index (χ0) is 19.8. The lowest BCUT2D eigenvalue weighted by Crippen LogP contribution is -2.19. The van der Waals surface area contributed by atoms with Gasteiger partial charge in [0.25, 0.3) is 0 Å². The lowest BCUT2D eigenvalue weighted by atomic mass is 10.1. The van der Waals surface area contributed by atoms with Crippen molar-refractivity contribution in [2.24, 2.45) is 5.10 Å². The van der Waals surface area contributed by atoms with E-state index in [1.165, 1.54) is 12.1 Å². The van der Waals surface area contributed by atoms with Crippen molar-refractivity contribution in [2.75, 3.05) is 0 Å². The fourth-order valence-corrected chi connectivity index (χ4v) is 2.51. The van der Waals surface area contributed by atoms with E-state index in [2.05, 4.69) is 10.5 Å². The third-order valence-electron chi connectivity index (χ3n) is 4.09. The number of nitrogens with one attached hydrogen (secondary N) is 1. The van der Waals surface area contributed by atoms with Crippen LogP contribution in [0.3, 0.4) is 0 Å². The molecule has 0 aliphatic carbocycles. The summed E-state index contributed by atoms with van der Waals surface area (Å²) in [5.41, 5.74) is 6.36. The Kier molecular flexibility index (Phi) is 6.52. The van der Waals surface area contributed by atoms with Crippen LogP contribution in [0, 0.1) is 12.7 Å². The lowest BCUT2D eigenvalue weighted by Gasteiger charge is -2.06. The highest BCUT2D eigenvalue weighted by molar-refractivity contribution is 5.83. The van der Waals surface area contributed by atoms with Gasteiger partial charge in [0.2, 0.25) is 5.91 Å². The Morgan fingerprint density at radius 3 is 2.29 bits per heavy atom. The molecule has 4 nitrogen and oxygen atoms in total. The second-order valence-corrected chi connectivity index (χ2v) is 6.44. The number of hydrogen-bond donors (Lipinski definition) is 1. The number of nitrogens with zero attached hydrogens (tertiary/aromatic N) is 1. The Labute approximate surface area is 163 Å². The molecule has 0 spiro atoms. The number of benzene rings is 3. The van der Waals surface area contributed by atoms with E-state index in [0.29, 0.717) is 12.4 Å². The zero-order valence-electron chi connectivity index (χ0n) is 15.6. The Balaban J connectivity index is 1.45. The minimum atomic E-state index is -0.265. The molecule has 0 atom stereocenters. The number of carbonyl (C=O) groups excluding carboxylic acids is 1. The van der Waals surface area contributed by atoms with Crippen molar-refractivity contribution in [3.8, 4) is 5.75 Å². The van der Waals surface area contributed by atoms with Gasteiger partial charge in [-0.05, 0) is 60.0 Å². The van der Waals surface area contributed by atoms with Crippen molar-refractivity contribution in [3.05, 3.63) is 101 Å². The van der Waals surface area contributed by atoms with E-state index < -0.39 is 0 Å². The summed E-state index contributed by atoms with van der Waals surface area (Å²) in [6.07, 6.45) is 1.87. The number of rotatable bonds is 7. The van der Waals surface area contributed by atoms with E-state index in [1.54, 1.807) is 18.3 Å². The lowest BCUT2D eigenvalue weighted by molar-refractivity contribution is -0.120. The van der Waals surface area contributed by atoms with E-state index in [1.807, 2.05) is 55.5 Å². The van der Waals surface area contributed by atoms with Crippen molar-refractivity contribution in [1.82, 2.24) is 5.43 Å². The molecule has 1 amide bonds. The summed E-state index contributed by atoms with van der Waals surface area (Å²) in [4.78, 5) is 11.9. The minimum absolute atomic E-state index is 0.167. The summed E-state index contributed by atoms with van der Waals surface area (Å²) >= 11 is 0. The molecule has 0 aliphatic rings. The molecule has 3 rings (SSSR count). The van der Waals surface area contributed by atoms with Crippen LogP contribution in [0.15, 0.2) is 77.9 Å². The van der Waals surface area contributed by atoms with Crippen molar-refractivity contribution in [2.45, 2.75) is 20.0 Å². The Bertz CT molecular complexity index is 934. The summed E-state index contributed by atoms with van der Waals surface area (Å²) < 4.78 is 18.6. The highest BCUT2D eigenvalue weighted by atomic mass is 19.1. The second kappa shape index (κ2) is 9.46. The number of halogens is 1. The fraction of sp³-hybridized carbons (Fsp3) is 0.130. The highest BCUT2D eigenvalue weighted by Crippen LogP contribution is 2.14. The predicted octanol–water partition coefficient (Wildman–Crippen LogP) is 4.41. The first-order chi connectivity index (χ1) is 13.6. The van der Waals surface area contributed by atoms with Crippen LogP contribution in [0.2, 0.25) is 0 Å². The van der Waals surface area contributed by atoms with Gasteiger partial charge in [0.15, 0.2) is 0 Å². The van der Waals surface area contributed by atoms with E-state index in [4.69, 9.17) is 4.74 Å². The summed E-state index contributed by atoms with van der Waals surface area (Å²) in [5, 5.41) is 3.99. The molecule has 3 aromatic carbocycles. The van der Waals surface area contributed by atoms with Crippen LogP contribution < -0.4 is 10.2 Å². The largest absolute Gasteiger partial charge is 0.489 e. The van der Waals surface area contributed by atoms with Crippen molar-refractivity contribution in [3.63, 3.8) is 0 Å². The van der Waals surface area contributed by atoms with Crippen molar-refractivity contribution >= 4 is 12.1 Å². The molecule has 0 fully saturated rings. The molecule has 0 bridgehead atoms. The van der Waals surface area contributed by atoms with Crippen LogP contribution in [0.25, 0.3) is 0 Å². The third-order valence-corrected chi connectivity index (χ3v) is 4.09. The van der Waals surface area contributed by atoms with E-state index in [0.717, 1.165) is 22.3 Å².